The molecule has 0 saturated carbocycles. The lowest BCUT2D eigenvalue weighted by atomic mass is 10.1. The molecule has 0 unspecified atom stereocenters. The molecule has 0 saturated heterocycles. The van der Waals surface area contributed by atoms with E-state index in [1.165, 1.54) is 32.1 Å². The van der Waals surface area contributed by atoms with Crippen LogP contribution in [0.4, 0.5) is 0 Å². The average molecular weight is 249 g/mol. The lowest BCUT2D eigenvalue weighted by molar-refractivity contribution is 0.1000. The molecule has 0 spiro atoms. The average Bonchev–Trinajstić information content (AvgIpc) is 2.38. The minimum absolute atomic E-state index is 0.417. The van der Waals surface area contributed by atoms with E-state index in [4.69, 9.17) is 10.5 Å². The Morgan fingerprint density at radius 1 is 1.17 bits per heavy atom. The summed E-state index contributed by atoms with van der Waals surface area (Å²) in [5.74, 6) is 0.305. The molecule has 0 radical (unpaired) electrons. The molecule has 100 valence electrons. The normalized spacial score (nSPS) is 10.3. The summed E-state index contributed by atoms with van der Waals surface area (Å²) < 4.78 is 5.60. The zero-order valence-corrected chi connectivity index (χ0v) is 11.2. The van der Waals surface area contributed by atoms with E-state index < -0.39 is 5.91 Å². The van der Waals surface area contributed by atoms with Crippen molar-refractivity contribution in [3.8, 4) is 5.75 Å². The molecule has 1 aromatic rings. The Balaban J connectivity index is 2.19. The third kappa shape index (κ3) is 5.71. The lowest BCUT2D eigenvalue weighted by Gasteiger charge is -2.06. The number of nitrogens with two attached hydrogens (primary N) is 1. The summed E-state index contributed by atoms with van der Waals surface area (Å²) in [7, 11) is 0. The number of unbranched alkanes of at least 4 members (excludes halogenated alkanes) is 5. The number of hydrogen-bond acceptors (Lipinski definition) is 2. The van der Waals surface area contributed by atoms with Gasteiger partial charge in [0.05, 0.1) is 6.61 Å². The van der Waals surface area contributed by atoms with Crippen molar-refractivity contribution in [1.29, 1.82) is 0 Å². The van der Waals surface area contributed by atoms with E-state index in [1.807, 2.05) is 6.07 Å². The van der Waals surface area contributed by atoms with Crippen LogP contribution in [0.5, 0.6) is 5.75 Å². The molecule has 3 heteroatoms. The first kappa shape index (κ1) is 14.6. The van der Waals surface area contributed by atoms with Crippen LogP contribution in [-0.2, 0) is 0 Å². The van der Waals surface area contributed by atoms with Crippen LogP contribution < -0.4 is 10.5 Å². The van der Waals surface area contributed by atoms with Crippen molar-refractivity contribution in [2.24, 2.45) is 5.73 Å². The number of ether oxygens (including phenoxy) is 1. The van der Waals surface area contributed by atoms with Crippen molar-refractivity contribution in [1.82, 2.24) is 0 Å². The molecular formula is C15H23NO2. The number of hydrogen-bond donors (Lipinski definition) is 1. The number of primary amides is 1. The number of carbonyl (C=O) groups is 1. The van der Waals surface area contributed by atoms with Gasteiger partial charge in [0.25, 0.3) is 0 Å². The molecule has 0 aromatic heterocycles. The van der Waals surface area contributed by atoms with Gasteiger partial charge in [-0.2, -0.15) is 0 Å². The van der Waals surface area contributed by atoms with E-state index in [9.17, 15) is 4.79 Å². The van der Waals surface area contributed by atoms with Crippen LogP contribution in [0, 0.1) is 0 Å². The minimum Gasteiger partial charge on any atom is -0.494 e. The minimum atomic E-state index is -0.417. The molecule has 3 nitrogen and oxygen atoms in total. The summed E-state index contributed by atoms with van der Waals surface area (Å²) in [5, 5.41) is 0. The lowest BCUT2D eigenvalue weighted by Crippen LogP contribution is -2.10. The van der Waals surface area contributed by atoms with E-state index in [0.717, 1.165) is 12.2 Å². The number of carbonyl (C=O) groups excluding carboxylic acids is 1. The fourth-order valence-electron chi connectivity index (χ4n) is 1.81. The van der Waals surface area contributed by atoms with Crippen molar-refractivity contribution >= 4 is 5.91 Å². The first-order chi connectivity index (χ1) is 8.74. The van der Waals surface area contributed by atoms with Gasteiger partial charge in [-0.3, -0.25) is 4.79 Å². The quantitative estimate of drug-likeness (QED) is 0.681. The highest BCUT2D eigenvalue weighted by molar-refractivity contribution is 5.93. The molecule has 1 amide bonds. The Hall–Kier alpha value is -1.51. The molecule has 0 aliphatic heterocycles. The molecule has 0 aliphatic carbocycles. The van der Waals surface area contributed by atoms with Gasteiger partial charge in [-0.15, -0.1) is 0 Å². The summed E-state index contributed by atoms with van der Waals surface area (Å²) in [4.78, 5) is 11.0. The number of rotatable bonds is 9. The summed E-state index contributed by atoms with van der Waals surface area (Å²) in [6.07, 6.45) is 7.45. The molecule has 1 rings (SSSR count). The largest absolute Gasteiger partial charge is 0.494 e. The van der Waals surface area contributed by atoms with Gasteiger partial charge in [0.1, 0.15) is 5.75 Å². The zero-order valence-electron chi connectivity index (χ0n) is 11.2. The summed E-state index contributed by atoms with van der Waals surface area (Å²) in [5.41, 5.74) is 5.71. The van der Waals surface area contributed by atoms with Gasteiger partial charge >= 0.3 is 0 Å². The third-order valence-electron chi connectivity index (χ3n) is 2.89. The number of benzene rings is 1. The SMILES string of the molecule is CCCCCCCCOc1cccc(C(N)=O)c1. The van der Waals surface area contributed by atoms with Crippen LogP contribution in [0.15, 0.2) is 24.3 Å². The first-order valence-electron chi connectivity index (χ1n) is 6.76. The Labute approximate surface area is 109 Å². The first-order valence-corrected chi connectivity index (χ1v) is 6.76. The summed E-state index contributed by atoms with van der Waals surface area (Å²) >= 11 is 0. The number of amides is 1. The highest BCUT2D eigenvalue weighted by atomic mass is 16.5. The standard InChI is InChI=1S/C15H23NO2/c1-2-3-4-5-6-7-11-18-14-10-8-9-13(12-14)15(16)17/h8-10,12H,2-7,11H2,1H3,(H2,16,17). The van der Waals surface area contributed by atoms with E-state index in [0.29, 0.717) is 12.2 Å². The molecule has 2 N–H and O–H groups in total. The van der Waals surface area contributed by atoms with Gasteiger partial charge in [0, 0.05) is 5.56 Å². The van der Waals surface area contributed by atoms with Crippen LogP contribution in [0.25, 0.3) is 0 Å². The molecular weight excluding hydrogens is 226 g/mol. The summed E-state index contributed by atoms with van der Waals surface area (Å²) in [6, 6.07) is 7.03. The molecule has 0 heterocycles. The second kappa shape index (κ2) is 8.56. The van der Waals surface area contributed by atoms with Gasteiger partial charge in [0.2, 0.25) is 5.91 Å². The van der Waals surface area contributed by atoms with Crippen LogP contribution in [0.1, 0.15) is 55.8 Å². The highest BCUT2D eigenvalue weighted by Gasteiger charge is 2.01. The van der Waals surface area contributed by atoms with E-state index >= 15 is 0 Å². The fourth-order valence-corrected chi connectivity index (χ4v) is 1.81. The van der Waals surface area contributed by atoms with Crippen LogP contribution >= 0.6 is 0 Å². The molecule has 1 aromatic carbocycles. The smallest absolute Gasteiger partial charge is 0.248 e. The van der Waals surface area contributed by atoms with Gasteiger partial charge in [-0.05, 0) is 24.6 Å². The van der Waals surface area contributed by atoms with Crippen LogP contribution in [0.2, 0.25) is 0 Å². The van der Waals surface area contributed by atoms with Crippen LogP contribution in [-0.4, -0.2) is 12.5 Å². The molecule has 0 aliphatic rings. The summed E-state index contributed by atoms with van der Waals surface area (Å²) in [6.45, 7) is 2.92. The Morgan fingerprint density at radius 2 is 1.89 bits per heavy atom. The van der Waals surface area contributed by atoms with Crippen molar-refractivity contribution in [3.05, 3.63) is 29.8 Å². The maximum absolute atomic E-state index is 11.0. The second-order valence-corrected chi connectivity index (χ2v) is 4.51. The van der Waals surface area contributed by atoms with Gasteiger partial charge in [0.15, 0.2) is 0 Å². The van der Waals surface area contributed by atoms with E-state index in [1.54, 1.807) is 18.2 Å². The molecule has 18 heavy (non-hydrogen) atoms. The van der Waals surface area contributed by atoms with Crippen molar-refractivity contribution in [3.63, 3.8) is 0 Å². The van der Waals surface area contributed by atoms with Gasteiger partial charge < -0.3 is 10.5 Å². The predicted octanol–water partition coefficient (Wildman–Crippen LogP) is 3.52. The van der Waals surface area contributed by atoms with E-state index in [-0.39, 0.29) is 0 Å². The van der Waals surface area contributed by atoms with Crippen molar-refractivity contribution in [2.45, 2.75) is 45.4 Å². The monoisotopic (exact) mass is 249 g/mol. The predicted molar refractivity (Wildman–Crippen MR) is 73.8 cm³/mol. The third-order valence-corrected chi connectivity index (χ3v) is 2.89. The van der Waals surface area contributed by atoms with Crippen LogP contribution in [0.3, 0.4) is 0 Å². The van der Waals surface area contributed by atoms with E-state index in [2.05, 4.69) is 6.92 Å². The van der Waals surface area contributed by atoms with Crippen molar-refractivity contribution in [2.75, 3.05) is 6.61 Å². The maximum atomic E-state index is 11.0. The molecule has 0 bridgehead atoms. The van der Waals surface area contributed by atoms with Crippen molar-refractivity contribution < 1.29 is 9.53 Å². The Kier molecular flexibility index (Phi) is 6.92. The Bertz CT molecular complexity index is 363. The zero-order chi connectivity index (χ0) is 13.2. The topological polar surface area (TPSA) is 52.3 Å². The second-order valence-electron chi connectivity index (χ2n) is 4.51. The fraction of sp³-hybridized carbons (Fsp3) is 0.533. The molecule has 0 fully saturated rings. The van der Waals surface area contributed by atoms with Gasteiger partial charge in [-0.1, -0.05) is 45.1 Å². The molecule has 0 atom stereocenters. The highest BCUT2D eigenvalue weighted by Crippen LogP contribution is 2.14. The Morgan fingerprint density at radius 3 is 2.61 bits per heavy atom. The van der Waals surface area contributed by atoms with Gasteiger partial charge in [-0.25, -0.2) is 0 Å². The maximum Gasteiger partial charge on any atom is 0.248 e.